The van der Waals surface area contributed by atoms with Gasteiger partial charge in [0.2, 0.25) is 0 Å². The summed E-state index contributed by atoms with van der Waals surface area (Å²) in [5.74, 6) is 0.225. The third-order valence-electron chi connectivity index (χ3n) is 2.26. The molecule has 0 N–H and O–H groups in total. The smallest absolute Gasteiger partial charge is 0.163 e. The number of nitrogens with zero attached hydrogens (tertiary/aromatic N) is 3. The molecule has 0 aliphatic carbocycles. The van der Waals surface area contributed by atoms with E-state index >= 15 is 0 Å². The van der Waals surface area contributed by atoms with Crippen LogP contribution < -0.4 is 0 Å². The van der Waals surface area contributed by atoms with E-state index in [9.17, 15) is 4.39 Å². The van der Waals surface area contributed by atoms with E-state index in [0.29, 0.717) is 11.4 Å². The molecule has 5 heteroatoms. The second kappa shape index (κ2) is 4.61. The lowest BCUT2D eigenvalue weighted by molar-refractivity contribution is 0.627. The van der Waals surface area contributed by atoms with Crippen molar-refractivity contribution in [2.75, 3.05) is 0 Å². The van der Waals surface area contributed by atoms with Gasteiger partial charge in [0, 0.05) is 12.1 Å². The van der Waals surface area contributed by atoms with E-state index in [1.165, 1.54) is 12.1 Å². The fourth-order valence-corrected chi connectivity index (χ4v) is 1.64. The minimum Gasteiger partial charge on any atom is -0.314 e. The zero-order chi connectivity index (χ0) is 11.5. The van der Waals surface area contributed by atoms with Gasteiger partial charge < -0.3 is 4.57 Å². The summed E-state index contributed by atoms with van der Waals surface area (Å²) in [6.45, 7) is 2.87. The molecule has 84 valence electrons. The van der Waals surface area contributed by atoms with Crippen molar-refractivity contribution in [1.82, 2.24) is 14.8 Å². The Labute approximate surface area is 97.9 Å². The molecular weight excluding hydrogens is 229 g/mol. The normalized spacial score (nSPS) is 10.7. The van der Waals surface area contributed by atoms with Crippen LogP contribution in [0.4, 0.5) is 4.39 Å². The third kappa shape index (κ3) is 2.07. The van der Waals surface area contributed by atoms with Crippen molar-refractivity contribution in [1.29, 1.82) is 0 Å². The number of aryl methyl sites for hydroxylation is 1. The van der Waals surface area contributed by atoms with Crippen LogP contribution in [0.15, 0.2) is 24.5 Å². The summed E-state index contributed by atoms with van der Waals surface area (Å²) in [7, 11) is 0. The van der Waals surface area contributed by atoms with Gasteiger partial charge in [0.05, 0.1) is 5.02 Å². The topological polar surface area (TPSA) is 30.7 Å². The fraction of sp³-hybridized carbons (Fsp3) is 0.273. The van der Waals surface area contributed by atoms with Crippen LogP contribution in [-0.2, 0) is 6.54 Å². The second-order valence-corrected chi connectivity index (χ2v) is 3.88. The highest BCUT2D eigenvalue weighted by molar-refractivity contribution is 6.30. The van der Waals surface area contributed by atoms with E-state index < -0.39 is 5.82 Å². The largest absolute Gasteiger partial charge is 0.314 e. The van der Waals surface area contributed by atoms with Crippen LogP contribution in [0.3, 0.4) is 0 Å². The van der Waals surface area contributed by atoms with Crippen molar-refractivity contribution in [3.63, 3.8) is 0 Å². The molecule has 0 saturated carbocycles. The van der Waals surface area contributed by atoms with Crippen LogP contribution in [0.5, 0.6) is 0 Å². The number of halogens is 2. The Morgan fingerprint density at radius 2 is 2.25 bits per heavy atom. The van der Waals surface area contributed by atoms with E-state index in [1.54, 1.807) is 12.4 Å². The molecule has 3 nitrogen and oxygen atoms in total. The van der Waals surface area contributed by atoms with Crippen molar-refractivity contribution >= 4 is 11.6 Å². The summed E-state index contributed by atoms with van der Waals surface area (Å²) in [5.41, 5.74) is 0.688. The average Bonchev–Trinajstić information content (AvgIpc) is 2.71. The molecule has 0 spiro atoms. The molecule has 0 aliphatic heterocycles. The van der Waals surface area contributed by atoms with Gasteiger partial charge in [0.1, 0.15) is 12.1 Å². The molecule has 0 atom stereocenters. The molecule has 2 rings (SSSR count). The van der Waals surface area contributed by atoms with E-state index in [0.717, 1.165) is 13.0 Å². The van der Waals surface area contributed by atoms with Gasteiger partial charge in [-0.15, -0.1) is 10.2 Å². The maximum Gasteiger partial charge on any atom is 0.163 e. The van der Waals surface area contributed by atoms with Crippen molar-refractivity contribution in [2.24, 2.45) is 0 Å². The van der Waals surface area contributed by atoms with E-state index in [2.05, 4.69) is 17.1 Å². The highest BCUT2D eigenvalue weighted by atomic mass is 35.5. The van der Waals surface area contributed by atoms with Crippen molar-refractivity contribution < 1.29 is 4.39 Å². The number of rotatable bonds is 3. The predicted molar refractivity (Wildman–Crippen MR) is 60.7 cm³/mol. The van der Waals surface area contributed by atoms with Crippen LogP contribution >= 0.6 is 11.6 Å². The summed E-state index contributed by atoms with van der Waals surface area (Å²) in [4.78, 5) is 0. The molecule has 0 aliphatic rings. The molecule has 1 aromatic heterocycles. The van der Waals surface area contributed by atoms with Gasteiger partial charge in [-0.2, -0.15) is 0 Å². The van der Waals surface area contributed by atoms with Gasteiger partial charge in [0.15, 0.2) is 5.82 Å². The first-order valence-electron chi connectivity index (χ1n) is 5.05. The maximum atomic E-state index is 13.3. The van der Waals surface area contributed by atoms with E-state index in [-0.39, 0.29) is 5.02 Å². The summed E-state index contributed by atoms with van der Waals surface area (Å²) >= 11 is 5.63. The van der Waals surface area contributed by atoms with Gasteiger partial charge in [0.25, 0.3) is 0 Å². The van der Waals surface area contributed by atoms with Gasteiger partial charge in [-0.25, -0.2) is 4.39 Å². The van der Waals surface area contributed by atoms with Gasteiger partial charge >= 0.3 is 0 Å². The number of benzene rings is 1. The monoisotopic (exact) mass is 239 g/mol. The summed E-state index contributed by atoms with van der Waals surface area (Å²) in [5, 5.41) is 7.92. The maximum absolute atomic E-state index is 13.3. The Morgan fingerprint density at radius 3 is 2.94 bits per heavy atom. The quantitative estimate of drug-likeness (QED) is 0.824. The molecule has 0 unspecified atom stereocenters. The second-order valence-electron chi connectivity index (χ2n) is 3.48. The Kier molecular flexibility index (Phi) is 3.19. The first-order valence-corrected chi connectivity index (χ1v) is 5.43. The minimum absolute atomic E-state index is 0.116. The highest BCUT2D eigenvalue weighted by Gasteiger charge is 2.09. The van der Waals surface area contributed by atoms with Crippen LogP contribution in [-0.4, -0.2) is 14.8 Å². The summed E-state index contributed by atoms with van der Waals surface area (Å²) in [6.07, 6.45) is 2.62. The molecule has 0 saturated heterocycles. The Bertz CT molecular complexity index is 496. The predicted octanol–water partition coefficient (Wildman–Crippen LogP) is 3.15. The molecule has 1 heterocycles. The van der Waals surface area contributed by atoms with Crippen molar-refractivity contribution in [3.05, 3.63) is 35.4 Å². The number of hydrogen-bond donors (Lipinski definition) is 0. The van der Waals surface area contributed by atoms with Crippen LogP contribution in [0, 0.1) is 5.82 Å². The Hall–Kier alpha value is -1.42. The first kappa shape index (κ1) is 11.1. The van der Waals surface area contributed by atoms with Crippen LogP contribution in [0.25, 0.3) is 11.4 Å². The van der Waals surface area contributed by atoms with E-state index in [4.69, 9.17) is 11.6 Å². The Morgan fingerprint density at radius 1 is 1.44 bits per heavy atom. The summed E-state index contributed by atoms with van der Waals surface area (Å²) in [6, 6.07) is 4.64. The van der Waals surface area contributed by atoms with Crippen LogP contribution in [0.2, 0.25) is 5.02 Å². The zero-order valence-corrected chi connectivity index (χ0v) is 9.58. The molecule has 16 heavy (non-hydrogen) atoms. The molecule has 0 amide bonds. The minimum atomic E-state index is -0.440. The highest BCUT2D eigenvalue weighted by Crippen LogP contribution is 2.22. The third-order valence-corrected chi connectivity index (χ3v) is 2.56. The lowest BCUT2D eigenvalue weighted by Crippen LogP contribution is -1.98. The number of aromatic nitrogens is 3. The van der Waals surface area contributed by atoms with Crippen molar-refractivity contribution in [3.8, 4) is 11.4 Å². The lowest BCUT2D eigenvalue weighted by atomic mass is 10.2. The molecule has 0 bridgehead atoms. The lowest BCUT2D eigenvalue weighted by Gasteiger charge is -2.05. The van der Waals surface area contributed by atoms with E-state index in [1.807, 2.05) is 4.57 Å². The standard InChI is InChI=1S/C11H11ClFN3/c1-2-5-16-7-14-15-11(16)8-3-4-9(12)10(13)6-8/h3-4,6-7H,2,5H2,1H3. The average molecular weight is 240 g/mol. The molecule has 0 fully saturated rings. The molecular formula is C11H11ClFN3. The molecule has 2 aromatic rings. The van der Waals surface area contributed by atoms with Gasteiger partial charge in [-0.05, 0) is 24.6 Å². The van der Waals surface area contributed by atoms with Gasteiger partial charge in [-0.3, -0.25) is 0 Å². The number of hydrogen-bond acceptors (Lipinski definition) is 2. The molecule has 0 radical (unpaired) electrons. The zero-order valence-electron chi connectivity index (χ0n) is 8.82. The van der Waals surface area contributed by atoms with Crippen LogP contribution in [0.1, 0.15) is 13.3 Å². The van der Waals surface area contributed by atoms with Crippen molar-refractivity contribution in [2.45, 2.75) is 19.9 Å². The SMILES string of the molecule is CCCn1cnnc1-c1ccc(Cl)c(F)c1. The first-order chi connectivity index (χ1) is 7.72. The Balaban J connectivity index is 2.42. The summed E-state index contributed by atoms with van der Waals surface area (Å²) < 4.78 is 15.2. The fourth-order valence-electron chi connectivity index (χ4n) is 1.52. The molecule has 1 aromatic carbocycles. The van der Waals surface area contributed by atoms with Gasteiger partial charge in [-0.1, -0.05) is 18.5 Å².